The first-order valence-corrected chi connectivity index (χ1v) is 8.86. The summed E-state index contributed by atoms with van der Waals surface area (Å²) in [5.74, 6) is 0.224. The largest absolute Gasteiger partial charge is 0.240 e. The van der Waals surface area contributed by atoms with Gasteiger partial charge in [-0.3, -0.25) is 0 Å². The van der Waals surface area contributed by atoms with Crippen molar-refractivity contribution in [2.75, 3.05) is 5.75 Å². The first-order valence-electron chi connectivity index (χ1n) is 7.50. The first kappa shape index (κ1) is 17.0. The van der Waals surface area contributed by atoms with Gasteiger partial charge in [0.05, 0.1) is 23.1 Å². The number of aromatic nitrogens is 1. The zero-order chi connectivity index (χ0) is 17.6. The van der Waals surface area contributed by atoms with E-state index in [0.29, 0.717) is 15.6 Å². The minimum atomic E-state index is 0.224. The van der Waals surface area contributed by atoms with Gasteiger partial charge in [0.2, 0.25) is 0 Å². The van der Waals surface area contributed by atoms with Crippen LogP contribution >= 0.6 is 23.4 Å². The molecular formula is C20H12ClN3S. The lowest BCUT2D eigenvalue weighted by molar-refractivity contribution is 1.12. The third-order valence-electron chi connectivity index (χ3n) is 3.61. The van der Waals surface area contributed by atoms with Crippen molar-refractivity contribution in [3.63, 3.8) is 0 Å². The van der Waals surface area contributed by atoms with Gasteiger partial charge in [-0.2, -0.15) is 10.5 Å². The monoisotopic (exact) mass is 361 g/mol. The first-order chi connectivity index (χ1) is 12.2. The summed E-state index contributed by atoms with van der Waals surface area (Å²) < 4.78 is 0. The number of nitrogens with zero attached hydrogens (tertiary/aromatic N) is 3. The van der Waals surface area contributed by atoms with Crippen LogP contribution in [-0.2, 0) is 0 Å². The van der Waals surface area contributed by atoms with Gasteiger partial charge >= 0.3 is 0 Å². The highest BCUT2D eigenvalue weighted by molar-refractivity contribution is 7.99. The molecule has 0 saturated heterocycles. The van der Waals surface area contributed by atoms with E-state index >= 15 is 0 Å². The standard InChI is InChI=1S/C20H12ClN3S/c21-18-9-5-4-8-15(18)16-12-19(14-6-2-1-3-7-14)24-20(17(16)13-23)25-11-10-22/h1-9,12H,11H2. The smallest absolute Gasteiger partial charge is 0.116 e. The molecule has 1 heterocycles. The van der Waals surface area contributed by atoms with Crippen molar-refractivity contribution in [1.29, 1.82) is 10.5 Å². The predicted octanol–water partition coefficient (Wildman–Crippen LogP) is 5.56. The van der Waals surface area contributed by atoms with Gasteiger partial charge in [0, 0.05) is 21.7 Å². The Kier molecular flexibility index (Phi) is 5.36. The van der Waals surface area contributed by atoms with Gasteiger partial charge < -0.3 is 0 Å². The second kappa shape index (κ2) is 7.85. The van der Waals surface area contributed by atoms with E-state index in [9.17, 15) is 5.26 Å². The van der Waals surface area contributed by atoms with Gasteiger partial charge in [-0.05, 0) is 12.1 Å². The molecule has 0 aliphatic rings. The van der Waals surface area contributed by atoms with Crippen LogP contribution in [0, 0.1) is 22.7 Å². The Morgan fingerprint density at radius 3 is 2.36 bits per heavy atom. The maximum atomic E-state index is 9.68. The molecule has 120 valence electrons. The molecular weight excluding hydrogens is 350 g/mol. The molecule has 0 saturated carbocycles. The third-order valence-corrected chi connectivity index (χ3v) is 4.78. The molecule has 0 amide bonds. The Bertz CT molecular complexity index is 988. The summed E-state index contributed by atoms with van der Waals surface area (Å²) in [5.41, 5.74) is 3.63. The molecule has 0 N–H and O–H groups in total. The molecule has 3 nitrogen and oxygen atoms in total. The summed E-state index contributed by atoms with van der Waals surface area (Å²) in [6, 6.07) is 23.3. The van der Waals surface area contributed by atoms with Crippen LogP contribution in [0.4, 0.5) is 0 Å². The number of hydrogen-bond donors (Lipinski definition) is 0. The van der Waals surface area contributed by atoms with Crippen molar-refractivity contribution in [2.45, 2.75) is 5.03 Å². The Balaban J connectivity index is 2.27. The van der Waals surface area contributed by atoms with Crippen LogP contribution in [0.15, 0.2) is 65.7 Å². The van der Waals surface area contributed by atoms with Gasteiger partial charge in [-0.15, -0.1) is 0 Å². The highest BCUT2D eigenvalue weighted by Gasteiger charge is 2.17. The Morgan fingerprint density at radius 1 is 0.960 bits per heavy atom. The van der Waals surface area contributed by atoms with E-state index in [1.54, 1.807) is 6.07 Å². The average Bonchev–Trinajstić information content (AvgIpc) is 2.66. The molecule has 0 aliphatic carbocycles. The number of thioether (sulfide) groups is 1. The highest BCUT2D eigenvalue weighted by atomic mass is 35.5. The number of hydrogen-bond acceptors (Lipinski definition) is 4. The van der Waals surface area contributed by atoms with Crippen LogP contribution in [0.2, 0.25) is 5.02 Å². The fraction of sp³-hybridized carbons (Fsp3) is 0.0500. The molecule has 1 aromatic heterocycles. The number of halogens is 1. The number of rotatable bonds is 4. The summed E-state index contributed by atoms with van der Waals surface area (Å²) in [6.07, 6.45) is 0. The predicted molar refractivity (Wildman–Crippen MR) is 101 cm³/mol. The molecule has 5 heteroatoms. The summed E-state index contributed by atoms with van der Waals surface area (Å²) in [6.45, 7) is 0. The van der Waals surface area contributed by atoms with E-state index in [2.05, 4.69) is 17.1 Å². The Labute approximate surface area is 155 Å². The molecule has 0 aliphatic heterocycles. The molecule has 0 atom stereocenters. The van der Waals surface area contributed by atoms with Crippen LogP contribution in [0.25, 0.3) is 22.4 Å². The molecule has 0 fully saturated rings. The van der Waals surface area contributed by atoms with Crippen molar-refractivity contribution in [2.24, 2.45) is 0 Å². The number of benzene rings is 2. The van der Waals surface area contributed by atoms with Gasteiger partial charge in [-0.1, -0.05) is 71.9 Å². The van der Waals surface area contributed by atoms with E-state index in [0.717, 1.165) is 22.4 Å². The van der Waals surface area contributed by atoms with Crippen molar-refractivity contribution in [3.05, 3.63) is 71.2 Å². The molecule has 0 radical (unpaired) electrons. The van der Waals surface area contributed by atoms with Crippen molar-refractivity contribution in [3.8, 4) is 34.5 Å². The fourth-order valence-electron chi connectivity index (χ4n) is 2.48. The normalized spacial score (nSPS) is 10.0. The second-order valence-corrected chi connectivity index (χ2v) is 6.51. The summed E-state index contributed by atoms with van der Waals surface area (Å²) in [4.78, 5) is 4.61. The average molecular weight is 362 g/mol. The van der Waals surface area contributed by atoms with Crippen LogP contribution in [0.1, 0.15) is 5.56 Å². The van der Waals surface area contributed by atoms with Gasteiger partial charge in [-0.25, -0.2) is 4.98 Å². The highest BCUT2D eigenvalue weighted by Crippen LogP contribution is 2.36. The minimum Gasteiger partial charge on any atom is -0.240 e. The number of nitriles is 2. The van der Waals surface area contributed by atoms with Crippen LogP contribution in [-0.4, -0.2) is 10.7 Å². The van der Waals surface area contributed by atoms with Crippen molar-refractivity contribution >= 4 is 23.4 Å². The second-order valence-electron chi connectivity index (χ2n) is 5.14. The van der Waals surface area contributed by atoms with Crippen LogP contribution in [0.3, 0.4) is 0 Å². The summed E-state index contributed by atoms with van der Waals surface area (Å²) in [5, 5.41) is 19.7. The molecule has 25 heavy (non-hydrogen) atoms. The fourth-order valence-corrected chi connectivity index (χ4v) is 3.39. The van der Waals surface area contributed by atoms with Gasteiger partial charge in [0.15, 0.2) is 0 Å². The summed E-state index contributed by atoms with van der Waals surface area (Å²) in [7, 11) is 0. The SMILES string of the molecule is N#CCSc1nc(-c2ccccc2)cc(-c2ccccc2Cl)c1C#N. The Morgan fingerprint density at radius 2 is 1.68 bits per heavy atom. The van der Waals surface area contributed by atoms with E-state index in [1.165, 1.54) is 11.8 Å². The van der Waals surface area contributed by atoms with E-state index in [-0.39, 0.29) is 5.75 Å². The molecule has 0 spiro atoms. The zero-order valence-corrected chi connectivity index (χ0v) is 14.7. The maximum absolute atomic E-state index is 9.68. The van der Waals surface area contributed by atoms with E-state index in [1.807, 2.05) is 54.6 Å². The van der Waals surface area contributed by atoms with Crippen LogP contribution < -0.4 is 0 Å². The lowest BCUT2D eigenvalue weighted by atomic mass is 9.99. The van der Waals surface area contributed by atoms with Gasteiger partial charge in [0.25, 0.3) is 0 Å². The van der Waals surface area contributed by atoms with E-state index in [4.69, 9.17) is 16.9 Å². The topological polar surface area (TPSA) is 60.5 Å². The zero-order valence-electron chi connectivity index (χ0n) is 13.1. The van der Waals surface area contributed by atoms with Gasteiger partial charge in [0.1, 0.15) is 11.1 Å². The lowest BCUT2D eigenvalue weighted by Crippen LogP contribution is -1.96. The van der Waals surface area contributed by atoms with Crippen molar-refractivity contribution < 1.29 is 0 Å². The lowest BCUT2D eigenvalue weighted by Gasteiger charge is -2.12. The Hall–Kier alpha value is -2.79. The molecule has 3 rings (SSSR count). The molecule has 0 bridgehead atoms. The molecule has 3 aromatic rings. The van der Waals surface area contributed by atoms with Crippen LogP contribution in [0.5, 0.6) is 0 Å². The molecule has 0 unspecified atom stereocenters. The number of pyridine rings is 1. The van der Waals surface area contributed by atoms with Crippen molar-refractivity contribution in [1.82, 2.24) is 4.98 Å². The van der Waals surface area contributed by atoms with E-state index < -0.39 is 0 Å². The molecule has 2 aromatic carbocycles. The third kappa shape index (κ3) is 3.67. The maximum Gasteiger partial charge on any atom is 0.116 e. The summed E-state index contributed by atoms with van der Waals surface area (Å²) >= 11 is 7.61. The quantitative estimate of drug-likeness (QED) is 0.571. The minimum absolute atomic E-state index is 0.224.